The number of aryl methyl sites for hydroxylation is 1. The normalized spacial score (nSPS) is 11.2. The summed E-state index contributed by atoms with van der Waals surface area (Å²) in [5.74, 6) is 0.109. The molecule has 0 saturated heterocycles. The standard InChI is InChI=1S/C24H21NO/c1-15-6-11-22-21(4-3-5-23(22)24(15)16(2)26)20-10-9-18-12-17(14-25)7-8-19(18)13-20/h3-13H,14,25H2,1-2H3. The van der Waals surface area contributed by atoms with Gasteiger partial charge < -0.3 is 5.73 Å². The maximum Gasteiger partial charge on any atom is 0.160 e. The fraction of sp³-hybridized carbons (Fsp3) is 0.125. The van der Waals surface area contributed by atoms with Gasteiger partial charge in [-0.25, -0.2) is 0 Å². The van der Waals surface area contributed by atoms with E-state index >= 15 is 0 Å². The van der Waals surface area contributed by atoms with Crippen LogP contribution in [0, 0.1) is 6.92 Å². The van der Waals surface area contributed by atoms with Crippen molar-refractivity contribution in [1.29, 1.82) is 0 Å². The molecule has 0 atom stereocenters. The van der Waals surface area contributed by atoms with Crippen LogP contribution in [0.4, 0.5) is 0 Å². The van der Waals surface area contributed by atoms with Crippen molar-refractivity contribution in [2.24, 2.45) is 5.73 Å². The van der Waals surface area contributed by atoms with Gasteiger partial charge in [0.15, 0.2) is 5.78 Å². The second kappa shape index (κ2) is 6.40. The largest absolute Gasteiger partial charge is 0.326 e. The highest BCUT2D eigenvalue weighted by molar-refractivity contribution is 6.11. The Morgan fingerprint density at radius 1 is 0.885 bits per heavy atom. The minimum Gasteiger partial charge on any atom is -0.326 e. The van der Waals surface area contributed by atoms with E-state index in [-0.39, 0.29) is 5.78 Å². The van der Waals surface area contributed by atoms with Gasteiger partial charge >= 0.3 is 0 Å². The molecule has 0 heterocycles. The molecule has 0 aliphatic rings. The van der Waals surface area contributed by atoms with Gasteiger partial charge in [0.1, 0.15) is 0 Å². The maximum absolute atomic E-state index is 12.2. The van der Waals surface area contributed by atoms with E-state index in [0.29, 0.717) is 6.54 Å². The molecule has 4 rings (SSSR count). The highest BCUT2D eigenvalue weighted by atomic mass is 16.1. The van der Waals surface area contributed by atoms with Crippen LogP contribution in [0.5, 0.6) is 0 Å². The SMILES string of the molecule is CC(=O)c1c(C)ccc2c(-c3ccc4cc(CN)ccc4c3)cccc12. The van der Waals surface area contributed by atoms with Crippen LogP contribution in [0.3, 0.4) is 0 Å². The van der Waals surface area contributed by atoms with Gasteiger partial charge in [0, 0.05) is 12.1 Å². The van der Waals surface area contributed by atoms with Crippen molar-refractivity contribution in [1.82, 2.24) is 0 Å². The van der Waals surface area contributed by atoms with Crippen molar-refractivity contribution in [3.05, 3.63) is 83.4 Å². The van der Waals surface area contributed by atoms with E-state index in [0.717, 1.165) is 38.6 Å². The number of carbonyl (C=O) groups excluding carboxylic acids is 1. The van der Waals surface area contributed by atoms with Crippen LogP contribution in [0.1, 0.15) is 28.4 Å². The lowest BCUT2D eigenvalue weighted by Crippen LogP contribution is -1.98. The first-order chi connectivity index (χ1) is 12.6. The van der Waals surface area contributed by atoms with Crippen molar-refractivity contribution < 1.29 is 4.79 Å². The van der Waals surface area contributed by atoms with E-state index < -0.39 is 0 Å². The smallest absolute Gasteiger partial charge is 0.160 e. The number of carbonyl (C=O) groups is 1. The fourth-order valence-electron chi connectivity index (χ4n) is 3.78. The van der Waals surface area contributed by atoms with Gasteiger partial charge in [-0.3, -0.25) is 4.79 Å². The summed E-state index contributed by atoms with van der Waals surface area (Å²) in [5, 5.41) is 4.52. The van der Waals surface area contributed by atoms with Crippen molar-refractivity contribution >= 4 is 27.3 Å². The molecule has 2 heteroatoms. The first kappa shape index (κ1) is 16.5. The molecule has 0 fully saturated rings. The Labute approximate surface area is 153 Å². The maximum atomic E-state index is 12.2. The van der Waals surface area contributed by atoms with Gasteiger partial charge in [-0.15, -0.1) is 0 Å². The van der Waals surface area contributed by atoms with Crippen molar-refractivity contribution in [3.63, 3.8) is 0 Å². The second-order valence-electron chi connectivity index (χ2n) is 6.81. The Kier molecular flexibility index (Phi) is 4.06. The number of Topliss-reactive ketones (excluding diaryl/α,β-unsaturated/α-hetero) is 1. The van der Waals surface area contributed by atoms with Gasteiger partial charge in [0.25, 0.3) is 0 Å². The van der Waals surface area contributed by atoms with Gasteiger partial charge in [0.05, 0.1) is 0 Å². The highest BCUT2D eigenvalue weighted by Crippen LogP contribution is 2.33. The number of benzene rings is 4. The molecule has 0 spiro atoms. The monoisotopic (exact) mass is 339 g/mol. The number of hydrogen-bond acceptors (Lipinski definition) is 2. The average Bonchev–Trinajstić information content (AvgIpc) is 2.66. The van der Waals surface area contributed by atoms with Gasteiger partial charge in [0.2, 0.25) is 0 Å². The van der Waals surface area contributed by atoms with E-state index in [2.05, 4.69) is 48.5 Å². The summed E-state index contributed by atoms with van der Waals surface area (Å²) in [6.45, 7) is 4.18. The minimum absolute atomic E-state index is 0.109. The molecule has 0 aromatic heterocycles. The van der Waals surface area contributed by atoms with Crippen molar-refractivity contribution in [2.75, 3.05) is 0 Å². The van der Waals surface area contributed by atoms with E-state index in [1.54, 1.807) is 6.92 Å². The Morgan fingerprint density at radius 3 is 2.42 bits per heavy atom. The molecule has 0 radical (unpaired) electrons. The molecule has 0 saturated carbocycles. The number of rotatable bonds is 3. The zero-order chi connectivity index (χ0) is 18.3. The van der Waals surface area contributed by atoms with Crippen molar-refractivity contribution in [2.45, 2.75) is 20.4 Å². The van der Waals surface area contributed by atoms with Crippen LogP contribution in [-0.2, 0) is 6.54 Å². The number of fused-ring (bicyclic) bond motifs is 2. The molecular weight excluding hydrogens is 318 g/mol. The Balaban J connectivity index is 1.96. The molecule has 4 aromatic rings. The molecule has 26 heavy (non-hydrogen) atoms. The van der Waals surface area contributed by atoms with E-state index in [1.165, 1.54) is 10.8 Å². The average molecular weight is 339 g/mol. The zero-order valence-electron chi connectivity index (χ0n) is 15.0. The quantitative estimate of drug-likeness (QED) is 0.492. The Bertz CT molecular complexity index is 1160. The molecule has 0 unspecified atom stereocenters. The molecule has 2 N–H and O–H groups in total. The lowest BCUT2D eigenvalue weighted by molar-refractivity contribution is 0.101. The Morgan fingerprint density at radius 2 is 1.65 bits per heavy atom. The third kappa shape index (κ3) is 2.69. The zero-order valence-corrected chi connectivity index (χ0v) is 15.0. The minimum atomic E-state index is 0.109. The summed E-state index contributed by atoms with van der Waals surface area (Å²) in [5.41, 5.74) is 11.0. The summed E-state index contributed by atoms with van der Waals surface area (Å²) < 4.78 is 0. The summed E-state index contributed by atoms with van der Waals surface area (Å²) in [4.78, 5) is 12.2. The fourth-order valence-corrected chi connectivity index (χ4v) is 3.78. The van der Waals surface area contributed by atoms with Crippen molar-refractivity contribution in [3.8, 4) is 11.1 Å². The van der Waals surface area contributed by atoms with Gasteiger partial charge in [-0.1, -0.05) is 54.6 Å². The molecule has 128 valence electrons. The predicted molar refractivity (Wildman–Crippen MR) is 110 cm³/mol. The predicted octanol–water partition coefficient (Wildman–Crippen LogP) is 5.63. The van der Waals surface area contributed by atoms with E-state index in [9.17, 15) is 4.79 Å². The van der Waals surface area contributed by atoms with Crippen LogP contribution in [-0.4, -0.2) is 5.78 Å². The molecule has 0 amide bonds. The van der Waals surface area contributed by atoms with E-state index in [1.807, 2.05) is 25.1 Å². The van der Waals surface area contributed by atoms with Crippen LogP contribution >= 0.6 is 0 Å². The number of ketones is 1. The third-order valence-corrected chi connectivity index (χ3v) is 5.07. The van der Waals surface area contributed by atoms with Crippen LogP contribution < -0.4 is 5.73 Å². The molecule has 2 nitrogen and oxygen atoms in total. The van der Waals surface area contributed by atoms with Gasteiger partial charge in [-0.05, 0) is 69.8 Å². The molecule has 4 aromatic carbocycles. The topological polar surface area (TPSA) is 43.1 Å². The summed E-state index contributed by atoms with van der Waals surface area (Å²) in [6.07, 6.45) is 0. The summed E-state index contributed by atoms with van der Waals surface area (Å²) >= 11 is 0. The second-order valence-corrected chi connectivity index (χ2v) is 6.81. The lowest BCUT2D eigenvalue weighted by Gasteiger charge is -2.12. The molecule has 0 aliphatic heterocycles. The molecule has 0 aliphatic carbocycles. The third-order valence-electron chi connectivity index (χ3n) is 5.07. The Hall–Kier alpha value is -2.97. The number of nitrogens with two attached hydrogens (primary N) is 1. The van der Waals surface area contributed by atoms with Crippen LogP contribution in [0.15, 0.2) is 66.7 Å². The summed E-state index contributed by atoms with van der Waals surface area (Å²) in [6, 6.07) is 23.2. The first-order valence-electron chi connectivity index (χ1n) is 8.85. The lowest BCUT2D eigenvalue weighted by atomic mass is 9.91. The molecule has 0 bridgehead atoms. The van der Waals surface area contributed by atoms with E-state index in [4.69, 9.17) is 5.73 Å². The molecular formula is C24H21NO. The number of hydrogen-bond donors (Lipinski definition) is 1. The summed E-state index contributed by atoms with van der Waals surface area (Å²) in [7, 11) is 0. The van der Waals surface area contributed by atoms with Crippen LogP contribution in [0.25, 0.3) is 32.7 Å². The first-order valence-corrected chi connectivity index (χ1v) is 8.85. The van der Waals surface area contributed by atoms with Gasteiger partial charge in [-0.2, -0.15) is 0 Å². The highest BCUT2D eigenvalue weighted by Gasteiger charge is 2.12. The van der Waals surface area contributed by atoms with Crippen LogP contribution in [0.2, 0.25) is 0 Å².